The van der Waals surface area contributed by atoms with Gasteiger partial charge in [0.2, 0.25) is 10.0 Å². The Bertz CT molecular complexity index is 842. The van der Waals surface area contributed by atoms with Crippen molar-refractivity contribution in [2.75, 3.05) is 24.5 Å². The molecule has 0 aromatic carbocycles. The number of nitrogens with one attached hydrogen (secondary N) is 2. The molecule has 27 heavy (non-hydrogen) atoms. The van der Waals surface area contributed by atoms with Gasteiger partial charge in [-0.3, -0.25) is 0 Å². The van der Waals surface area contributed by atoms with Crippen LogP contribution in [0.2, 0.25) is 0 Å². The van der Waals surface area contributed by atoms with Crippen LogP contribution < -0.4 is 9.62 Å². The molecule has 0 spiro atoms. The first-order valence-electron chi connectivity index (χ1n) is 9.41. The maximum absolute atomic E-state index is 12.3. The van der Waals surface area contributed by atoms with E-state index >= 15 is 0 Å². The van der Waals surface area contributed by atoms with Crippen LogP contribution >= 0.6 is 0 Å². The van der Waals surface area contributed by atoms with Crippen molar-refractivity contribution in [3.8, 4) is 0 Å². The molecule has 146 valence electrons. The van der Waals surface area contributed by atoms with Gasteiger partial charge in [-0.05, 0) is 49.7 Å². The van der Waals surface area contributed by atoms with Crippen molar-refractivity contribution in [3.63, 3.8) is 0 Å². The van der Waals surface area contributed by atoms with Gasteiger partial charge in [-0.15, -0.1) is 0 Å². The van der Waals surface area contributed by atoms with Crippen LogP contribution in [-0.2, 0) is 10.0 Å². The average Bonchev–Trinajstić information content (AvgIpc) is 3.37. The number of anilines is 1. The normalized spacial score (nSPS) is 20.0. The smallest absolute Gasteiger partial charge is 0.242 e. The molecule has 2 aromatic rings. The number of aliphatic hydroxyl groups is 1. The van der Waals surface area contributed by atoms with Crippen molar-refractivity contribution >= 4 is 15.8 Å². The number of aromatic amines is 1. The summed E-state index contributed by atoms with van der Waals surface area (Å²) in [4.78, 5) is 13.8. The highest BCUT2D eigenvalue weighted by Gasteiger charge is 2.28. The second kappa shape index (κ2) is 7.57. The van der Waals surface area contributed by atoms with Crippen LogP contribution in [0.25, 0.3) is 0 Å². The number of imidazole rings is 1. The monoisotopic (exact) mass is 391 g/mol. The van der Waals surface area contributed by atoms with Crippen LogP contribution in [0.5, 0.6) is 0 Å². The highest BCUT2D eigenvalue weighted by atomic mass is 32.2. The number of pyridine rings is 1. The van der Waals surface area contributed by atoms with Gasteiger partial charge < -0.3 is 15.0 Å². The Hall–Kier alpha value is -1.97. The third-order valence-corrected chi connectivity index (χ3v) is 6.81. The summed E-state index contributed by atoms with van der Waals surface area (Å²) in [7, 11) is -3.48. The van der Waals surface area contributed by atoms with Crippen LogP contribution in [0.4, 0.5) is 5.82 Å². The van der Waals surface area contributed by atoms with Crippen molar-refractivity contribution in [1.82, 2.24) is 19.7 Å². The lowest BCUT2D eigenvalue weighted by molar-refractivity contribution is 0.0856. The maximum Gasteiger partial charge on any atom is 0.242 e. The summed E-state index contributed by atoms with van der Waals surface area (Å²) < 4.78 is 27.2. The molecule has 3 heterocycles. The molecule has 1 saturated carbocycles. The van der Waals surface area contributed by atoms with Gasteiger partial charge in [-0.1, -0.05) is 0 Å². The molecule has 0 amide bonds. The molecule has 8 nitrogen and oxygen atoms in total. The Balaban J connectivity index is 1.34. The van der Waals surface area contributed by atoms with Crippen molar-refractivity contribution in [1.29, 1.82) is 0 Å². The summed E-state index contributed by atoms with van der Waals surface area (Å²) in [5.74, 6) is 2.02. The number of H-pyrrole nitrogens is 1. The van der Waals surface area contributed by atoms with Gasteiger partial charge in [0.25, 0.3) is 0 Å². The minimum absolute atomic E-state index is 0.152. The van der Waals surface area contributed by atoms with Gasteiger partial charge >= 0.3 is 0 Å². The zero-order chi connectivity index (χ0) is 18.9. The predicted octanol–water partition coefficient (Wildman–Crippen LogP) is 1.44. The average molecular weight is 391 g/mol. The van der Waals surface area contributed by atoms with Crippen molar-refractivity contribution in [2.24, 2.45) is 11.8 Å². The molecule has 2 fully saturated rings. The highest BCUT2D eigenvalue weighted by molar-refractivity contribution is 7.89. The molecule has 3 N–H and O–H groups in total. The molecule has 1 atom stereocenters. The van der Waals surface area contributed by atoms with E-state index < -0.39 is 16.1 Å². The lowest BCUT2D eigenvalue weighted by Crippen LogP contribution is -2.36. The highest BCUT2D eigenvalue weighted by Crippen LogP contribution is 2.31. The summed E-state index contributed by atoms with van der Waals surface area (Å²) in [6.45, 7) is 2.04. The minimum atomic E-state index is -3.48. The van der Waals surface area contributed by atoms with Crippen LogP contribution in [0, 0.1) is 11.8 Å². The zero-order valence-corrected chi connectivity index (χ0v) is 15.9. The minimum Gasteiger partial charge on any atom is -0.385 e. The summed E-state index contributed by atoms with van der Waals surface area (Å²) in [5.41, 5.74) is 0. The number of aromatic nitrogens is 3. The van der Waals surface area contributed by atoms with Gasteiger partial charge in [0.15, 0.2) is 0 Å². The first-order valence-corrected chi connectivity index (χ1v) is 10.9. The van der Waals surface area contributed by atoms with E-state index in [-0.39, 0.29) is 10.8 Å². The molecule has 2 aliphatic rings. The van der Waals surface area contributed by atoms with E-state index in [0.29, 0.717) is 18.3 Å². The Morgan fingerprint density at radius 3 is 2.59 bits per heavy atom. The molecule has 9 heteroatoms. The van der Waals surface area contributed by atoms with Gasteiger partial charge in [0, 0.05) is 38.2 Å². The van der Waals surface area contributed by atoms with E-state index in [9.17, 15) is 13.5 Å². The standard InChI is InChI=1S/C18H25N5O3S/c24-17(18-19-7-8-20-18)14-5-9-23(10-6-14)16-4-3-15(12-21-16)27(25,26)22-11-13-1-2-13/h3-4,7-8,12-14,17,22,24H,1-2,5-6,9-11H2,(H,19,20). The lowest BCUT2D eigenvalue weighted by Gasteiger charge is -2.34. The molecule has 2 aromatic heterocycles. The van der Waals surface area contributed by atoms with E-state index in [1.807, 2.05) is 0 Å². The molecular weight excluding hydrogens is 366 g/mol. The number of rotatable bonds is 7. The van der Waals surface area contributed by atoms with Crippen molar-refractivity contribution in [3.05, 3.63) is 36.5 Å². The number of hydrogen-bond acceptors (Lipinski definition) is 6. The van der Waals surface area contributed by atoms with E-state index in [1.165, 1.54) is 6.20 Å². The van der Waals surface area contributed by atoms with E-state index in [1.54, 1.807) is 24.5 Å². The van der Waals surface area contributed by atoms with E-state index in [0.717, 1.165) is 44.6 Å². The predicted molar refractivity (Wildman–Crippen MR) is 101 cm³/mol. The summed E-state index contributed by atoms with van der Waals surface area (Å²) in [5, 5.41) is 10.4. The fourth-order valence-electron chi connectivity index (χ4n) is 3.46. The molecule has 1 aliphatic heterocycles. The first kappa shape index (κ1) is 18.4. The van der Waals surface area contributed by atoms with Crippen molar-refractivity contribution in [2.45, 2.75) is 36.7 Å². The van der Waals surface area contributed by atoms with Crippen LogP contribution in [0.15, 0.2) is 35.6 Å². The second-order valence-electron chi connectivity index (χ2n) is 7.39. The second-order valence-corrected chi connectivity index (χ2v) is 9.16. The molecule has 0 radical (unpaired) electrons. The topological polar surface area (TPSA) is 111 Å². The van der Waals surface area contributed by atoms with E-state index in [4.69, 9.17) is 0 Å². The van der Waals surface area contributed by atoms with Gasteiger partial charge in [-0.2, -0.15) is 0 Å². The van der Waals surface area contributed by atoms with Gasteiger partial charge in [0.05, 0.1) is 0 Å². The van der Waals surface area contributed by atoms with Crippen LogP contribution in [0.1, 0.15) is 37.6 Å². The summed E-state index contributed by atoms with van der Waals surface area (Å²) in [6.07, 6.45) is 8.06. The van der Waals surface area contributed by atoms with E-state index in [2.05, 4.69) is 24.6 Å². The number of nitrogens with zero attached hydrogens (tertiary/aromatic N) is 3. The SMILES string of the molecule is O=S(=O)(NCC1CC1)c1ccc(N2CCC(C(O)c3ncc[nH]3)CC2)nc1. The third kappa shape index (κ3) is 4.31. The third-order valence-electron chi connectivity index (χ3n) is 5.40. The number of aliphatic hydroxyl groups excluding tert-OH is 1. The number of sulfonamides is 1. The Labute approximate surface area is 159 Å². The Kier molecular flexibility index (Phi) is 5.16. The number of hydrogen-bond donors (Lipinski definition) is 3. The van der Waals surface area contributed by atoms with Gasteiger partial charge in [0.1, 0.15) is 22.6 Å². The first-order chi connectivity index (χ1) is 13.0. The summed E-state index contributed by atoms with van der Waals surface area (Å²) in [6, 6.07) is 3.37. The maximum atomic E-state index is 12.3. The molecular formula is C18H25N5O3S. The lowest BCUT2D eigenvalue weighted by atomic mass is 9.91. The summed E-state index contributed by atoms with van der Waals surface area (Å²) >= 11 is 0. The number of piperidine rings is 1. The molecule has 4 rings (SSSR count). The fourth-order valence-corrected chi connectivity index (χ4v) is 4.52. The Morgan fingerprint density at radius 1 is 1.22 bits per heavy atom. The Morgan fingerprint density at radius 2 is 2.00 bits per heavy atom. The molecule has 1 aliphatic carbocycles. The molecule has 1 unspecified atom stereocenters. The zero-order valence-electron chi connectivity index (χ0n) is 15.1. The molecule has 1 saturated heterocycles. The van der Waals surface area contributed by atoms with Crippen LogP contribution in [0.3, 0.4) is 0 Å². The molecule has 0 bridgehead atoms. The van der Waals surface area contributed by atoms with Gasteiger partial charge in [-0.25, -0.2) is 23.1 Å². The quantitative estimate of drug-likeness (QED) is 0.659. The van der Waals surface area contributed by atoms with Crippen molar-refractivity contribution < 1.29 is 13.5 Å². The fraction of sp³-hybridized carbons (Fsp3) is 0.556. The van der Waals surface area contributed by atoms with Crippen LogP contribution in [-0.4, -0.2) is 48.1 Å². The largest absolute Gasteiger partial charge is 0.385 e.